The average molecular weight is 382 g/mol. The molecule has 0 aromatic carbocycles. The van der Waals surface area contributed by atoms with Crippen LogP contribution >= 0.6 is 0 Å². The van der Waals surface area contributed by atoms with Gasteiger partial charge in [0.2, 0.25) is 5.91 Å². The van der Waals surface area contributed by atoms with E-state index in [0.29, 0.717) is 13.0 Å². The molecule has 0 rings (SSSR count). The van der Waals surface area contributed by atoms with Crippen molar-refractivity contribution in [3.8, 4) is 0 Å². The smallest absolute Gasteiger partial charge is 0.220 e. The Morgan fingerprint density at radius 1 is 0.704 bits per heavy atom. The quantitative estimate of drug-likeness (QED) is 0.172. The van der Waals surface area contributed by atoms with Crippen molar-refractivity contribution >= 4 is 5.91 Å². The summed E-state index contributed by atoms with van der Waals surface area (Å²) in [5, 5.41) is 11.3. The maximum Gasteiger partial charge on any atom is 0.220 e. The van der Waals surface area contributed by atoms with Gasteiger partial charge in [-0.05, 0) is 32.1 Å². The van der Waals surface area contributed by atoms with Crippen molar-refractivity contribution < 1.29 is 9.90 Å². The largest absolute Gasteiger partial charge is 0.395 e. The lowest BCUT2D eigenvalue weighted by Crippen LogP contribution is -2.25. The first kappa shape index (κ1) is 26.2. The standard InChI is InChI=1S/C24H47NO2/c1-2-3-4-5-6-7-8-9-10-11-12-13-14-15-16-17-18-19-20-21-24(27)25-22-23-26/h9-10,26H,2-8,11-23H2,1H3,(H,25,27). The van der Waals surface area contributed by atoms with E-state index in [1.807, 2.05) is 0 Å². The Morgan fingerprint density at radius 2 is 1.15 bits per heavy atom. The van der Waals surface area contributed by atoms with Gasteiger partial charge in [0, 0.05) is 13.0 Å². The number of hydrogen-bond acceptors (Lipinski definition) is 2. The molecule has 0 spiro atoms. The SMILES string of the molecule is CCCCCCCCC=CCCCCCCCCCCCC(=O)NCCO. The molecule has 0 saturated heterocycles. The van der Waals surface area contributed by atoms with Crippen LogP contribution in [0.4, 0.5) is 0 Å². The molecule has 0 aromatic rings. The third kappa shape index (κ3) is 23.1. The summed E-state index contributed by atoms with van der Waals surface area (Å²) < 4.78 is 0. The molecule has 0 radical (unpaired) electrons. The molecule has 2 N–H and O–H groups in total. The third-order valence-corrected chi connectivity index (χ3v) is 5.10. The monoisotopic (exact) mass is 381 g/mol. The van der Waals surface area contributed by atoms with E-state index in [9.17, 15) is 4.79 Å². The summed E-state index contributed by atoms with van der Waals surface area (Å²) in [4.78, 5) is 11.4. The van der Waals surface area contributed by atoms with Crippen molar-refractivity contribution in [3.05, 3.63) is 12.2 Å². The Kier molecular flexibility index (Phi) is 22.5. The average Bonchev–Trinajstić information content (AvgIpc) is 2.68. The van der Waals surface area contributed by atoms with Crippen molar-refractivity contribution in [3.63, 3.8) is 0 Å². The number of allylic oxidation sites excluding steroid dienone is 2. The Balaban J connectivity index is 3.12. The van der Waals surface area contributed by atoms with E-state index in [1.165, 1.54) is 96.3 Å². The molecule has 0 atom stereocenters. The maximum absolute atomic E-state index is 11.4. The van der Waals surface area contributed by atoms with E-state index in [4.69, 9.17) is 5.11 Å². The predicted octanol–water partition coefficient (Wildman–Crippen LogP) is 6.69. The molecule has 0 heterocycles. The Hall–Kier alpha value is -0.830. The lowest BCUT2D eigenvalue weighted by Gasteiger charge is -2.03. The van der Waals surface area contributed by atoms with Crippen LogP contribution in [0.1, 0.15) is 122 Å². The van der Waals surface area contributed by atoms with Gasteiger partial charge in [-0.3, -0.25) is 4.79 Å². The summed E-state index contributed by atoms with van der Waals surface area (Å²) in [5.41, 5.74) is 0. The second-order valence-electron chi connectivity index (χ2n) is 7.82. The van der Waals surface area contributed by atoms with E-state index >= 15 is 0 Å². The minimum atomic E-state index is 0.0290. The van der Waals surface area contributed by atoms with E-state index in [0.717, 1.165) is 12.8 Å². The maximum atomic E-state index is 11.4. The molecule has 3 nitrogen and oxygen atoms in total. The van der Waals surface area contributed by atoms with Gasteiger partial charge in [-0.2, -0.15) is 0 Å². The van der Waals surface area contributed by atoms with Crippen molar-refractivity contribution in [1.29, 1.82) is 0 Å². The topological polar surface area (TPSA) is 49.3 Å². The molecular formula is C24H47NO2. The highest BCUT2D eigenvalue weighted by atomic mass is 16.3. The Bertz CT molecular complexity index is 328. The van der Waals surface area contributed by atoms with Crippen LogP contribution in [0, 0.1) is 0 Å². The van der Waals surface area contributed by atoms with Gasteiger partial charge in [-0.1, -0.05) is 96.1 Å². The van der Waals surface area contributed by atoms with Gasteiger partial charge in [0.1, 0.15) is 0 Å². The summed E-state index contributed by atoms with van der Waals surface area (Å²) in [6, 6.07) is 0. The first-order chi connectivity index (χ1) is 13.3. The highest BCUT2D eigenvalue weighted by Crippen LogP contribution is 2.12. The second kappa shape index (κ2) is 23.2. The van der Waals surface area contributed by atoms with Crippen LogP contribution in [0.2, 0.25) is 0 Å². The zero-order chi connectivity index (χ0) is 19.8. The van der Waals surface area contributed by atoms with Gasteiger partial charge in [-0.25, -0.2) is 0 Å². The van der Waals surface area contributed by atoms with E-state index in [1.54, 1.807) is 0 Å². The summed E-state index contributed by atoms with van der Waals surface area (Å²) in [5.74, 6) is 0.0741. The number of aliphatic hydroxyl groups excluding tert-OH is 1. The Labute approximate surface area is 169 Å². The molecule has 27 heavy (non-hydrogen) atoms. The molecule has 0 fully saturated rings. The highest BCUT2D eigenvalue weighted by molar-refractivity contribution is 5.75. The van der Waals surface area contributed by atoms with E-state index in [-0.39, 0.29) is 12.5 Å². The minimum Gasteiger partial charge on any atom is -0.395 e. The minimum absolute atomic E-state index is 0.0290. The molecule has 0 aromatic heterocycles. The first-order valence-electron chi connectivity index (χ1n) is 11.8. The molecule has 0 saturated carbocycles. The predicted molar refractivity (Wildman–Crippen MR) is 118 cm³/mol. The van der Waals surface area contributed by atoms with Crippen molar-refractivity contribution in [1.82, 2.24) is 5.32 Å². The van der Waals surface area contributed by atoms with Gasteiger partial charge in [0.25, 0.3) is 0 Å². The normalized spacial score (nSPS) is 11.3. The molecule has 0 bridgehead atoms. The van der Waals surface area contributed by atoms with Crippen LogP contribution in [-0.4, -0.2) is 24.2 Å². The summed E-state index contributed by atoms with van der Waals surface area (Å²) in [7, 11) is 0. The molecule has 0 aliphatic carbocycles. The van der Waals surface area contributed by atoms with Gasteiger partial charge in [0.05, 0.1) is 6.61 Å². The Morgan fingerprint density at radius 3 is 1.63 bits per heavy atom. The molecular weight excluding hydrogens is 334 g/mol. The van der Waals surface area contributed by atoms with Gasteiger partial charge < -0.3 is 10.4 Å². The van der Waals surface area contributed by atoms with E-state index in [2.05, 4.69) is 24.4 Å². The van der Waals surface area contributed by atoms with Crippen LogP contribution in [0.25, 0.3) is 0 Å². The van der Waals surface area contributed by atoms with Gasteiger partial charge >= 0.3 is 0 Å². The molecule has 0 aliphatic heterocycles. The van der Waals surface area contributed by atoms with Crippen LogP contribution in [-0.2, 0) is 4.79 Å². The van der Waals surface area contributed by atoms with Crippen molar-refractivity contribution in [2.75, 3.05) is 13.2 Å². The zero-order valence-corrected chi connectivity index (χ0v) is 18.2. The zero-order valence-electron chi connectivity index (χ0n) is 18.2. The second-order valence-corrected chi connectivity index (χ2v) is 7.82. The highest BCUT2D eigenvalue weighted by Gasteiger charge is 1.99. The molecule has 1 amide bonds. The van der Waals surface area contributed by atoms with Crippen LogP contribution in [0.3, 0.4) is 0 Å². The first-order valence-corrected chi connectivity index (χ1v) is 11.8. The van der Waals surface area contributed by atoms with Crippen LogP contribution < -0.4 is 5.32 Å². The molecule has 0 aliphatic rings. The lowest BCUT2D eigenvalue weighted by molar-refractivity contribution is -0.121. The van der Waals surface area contributed by atoms with Crippen LogP contribution in [0.15, 0.2) is 12.2 Å². The molecule has 160 valence electrons. The fourth-order valence-corrected chi connectivity index (χ4v) is 3.35. The van der Waals surface area contributed by atoms with E-state index < -0.39 is 0 Å². The number of hydrogen-bond donors (Lipinski definition) is 2. The van der Waals surface area contributed by atoms with Crippen molar-refractivity contribution in [2.24, 2.45) is 0 Å². The lowest BCUT2D eigenvalue weighted by atomic mass is 10.1. The van der Waals surface area contributed by atoms with Crippen molar-refractivity contribution in [2.45, 2.75) is 122 Å². The fourth-order valence-electron chi connectivity index (χ4n) is 3.35. The molecule has 0 unspecified atom stereocenters. The number of carbonyl (C=O) groups excluding carboxylic acids is 1. The summed E-state index contributed by atoms with van der Waals surface area (Å²) in [6.07, 6.45) is 27.7. The van der Waals surface area contributed by atoms with Crippen LogP contribution in [0.5, 0.6) is 0 Å². The van der Waals surface area contributed by atoms with Gasteiger partial charge in [0.15, 0.2) is 0 Å². The number of unbranched alkanes of at least 4 members (excludes halogenated alkanes) is 15. The number of amides is 1. The number of rotatable bonds is 21. The summed E-state index contributed by atoms with van der Waals surface area (Å²) in [6.45, 7) is 2.69. The summed E-state index contributed by atoms with van der Waals surface area (Å²) >= 11 is 0. The number of carbonyl (C=O) groups is 1. The third-order valence-electron chi connectivity index (χ3n) is 5.10. The molecule has 3 heteroatoms. The number of nitrogens with one attached hydrogen (secondary N) is 1. The number of aliphatic hydroxyl groups is 1. The van der Waals surface area contributed by atoms with Gasteiger partial charge in [-0.15, -0.1) is 0 Å². The fraction of sp³-hybridized carbons (Fsp3) is 0.875.